The Morgan fingerprint density at radius 3 is 2.17 bits per heavy atom. The molecule has 74 valence electrons. The number of aliphatic hydroxyl groups is 1. The lowest BCUT2D eigenvalue weighted by Crippen LogP contribution is -2.23. The van der Waals surface area contributed by atoms with E-state index >= 15 is 0 Å². The first-order valence-corrected chi connectivity index (χ1v) is 4.42. The van der Waals surface area contributed by atoms with Crippen LogP contribution >= 0.6 is 0 Å². The van der Waals surface area contributed by atoms with Gasteiger partial charge in [-0.15, -0.1) is 6.58 Å². The molecule has 0 radical (unpaired) electrons. The molecule has 0 heterocycles. The standard InChI is InChI=1S/C10H20O.CH4/c1-5-7-9(8(3)4)10(11)6-2;/h5,8-11H,1,6-7H2,2-4H3;1H4/t9-,10+;/m0./s1. The van der Waals surface area contributed by atoms with Crippen molar-refractivity contribution in [2.24, 2.45) is 11.8 Å². The molecule has 2 atom stereocenters. The number of aliphatic hydroxyl groups excluding tert-OH is 1. The molecule has 1 nitrogen and oxygen atoms in total. The van der Waals surface area contributed by atoms with Gasteiger partial charge in [0.25, 0.3) is 0 Å². The molecule has 0 saturated carbocycles. The summed E-state index contributed by atoms with van der Waals surface area (Å²) in [5.74, 6) is 0.931. The summed E-state index contributed by atoms with van der Waals surface area (Å²) in [6.07, 6.45) is 3.50. The van der Waals surface area contributed by atoms with Gasteiger partial charge in [0.2, 0.25) is 0 Å². The lowest BCUT2D eigenvalue weighted by atomic mass is 9.86. The third-order valence-electron chi connectivity index (χ3n) is 2.21. The summed E-state index contributed by atoms with van der Waals surface area (Å²) in [7, 11) is 0. The first-order chi connectivity index (χ1) is 5.13. The van der Waals surface area contributed by atoms with Crippen LogP contribution in [0.25, 0.3) is 0 Å². The molecule has 0 aromatic carbocycles. The van der Waals surface area contributed by atoms with E-state index in [-0.39, 0.29) is 13.5 Å². The van der Waals surface area contributed by atoms with Crippen molar-refractivity contribution in [1.29, 1.82) is 0 Å². The fourth-order valence-corrected chi connectivity index (χ4v) is 1.37. The van der Waals surface area contributed by atoms with Crippen molar-refractivity contribution in [3.8, 4) is 0 Å². The molecule has 12 heavy (non-hydrogen) atoms. The monoisotopic (exact) mass is 172 g/mol. The van der Waals surface area contributed by atoms with Crippen molar-refractivity contribution in [1.82, 2.24) is 0 Å². The van der Waals surface area contributed by atoms with Crippen LogP contribution in [0.5, 0.6) is 0 Å². The molecular weight excluding hydrogens is 148 g/mol. The van der Waals surface area contributed by atoms with E-state index in [9.17, 15) is 5.11 Å². The van der Waals surface area contributed by atoms with Crippen LogP contribution in [0.3, 0.4) is 0 Å². The second-order valence-corrected chi connectivity index (χ2v) is 3.41. The Kier molecular flexibility index (Phi) is 8.73. The van der Waals surface area contributed by atoms with Gasteiger partial charge in [0.1, 0.15) is 0 Å². The number of hydrogen-bond donors (Lipinski definition) is 1. The van der Waals surface area contributed by atoms with Gasteiger partial charge in [0.05, 0.1) is 6.10 Å². The third kappa shape index (κ3) is 4.55. The normalized spacial score (nSPS) is 15.1. The van der Waals surface area contributed by atoms with Crippen LogP contribution in [-0.4, -0.2) is 11.2 Å². The summed E-state index contributed by atoms with van der Waals surface area (Å²) >= 11 is 0. The molecule has 1 N–H and O–H groups in total. The Labute approximate surface area is 77.5 Å². The van der Waals surface area contributed by atoms with E-state index < -0.39 is 0 Å². The molecule has 0 aromatic heterocycles. The Bertz CT molecular complexity index is 108. The predicted molar refractivity (Wildman–Crippen MR) is 56.2 cm³/mol. The molecule has 0 aliphatic carbocycles. The van der Waals surface area contributed by atoms with Gasteiger partial charge < -0.3 is 5.11 Å². The van der Waals surface area contributed by atoms with E-state index in [1.807, 2.05) is 13.0 Å². The van der Waals surface area contributed by atoms with Gasteiger partial charge >= 0.3 is 0 Å². The highest BCUT2D eigenvalue weighted by atomic mass is 16.3. The molecule has 0 fully saturated rings. The van der Waals surface area contributed by atoms with Crippen LogP contribution in [0, 0.1) is 11.8 Å². The summed E-state index contributed by atoms with van der Waals surface area (Å²) < 4.78 is 0. The summed E-state index contributed by atoms with van der Waals surface area (Å²) in [6.45, 7) is 10.00. The zero-order valence-electron chi connectivity index (χ0n) is 7.88. The smallest absolute Gasteiger partial charge is 0.0571 e. The Balaban J connectivity index is 0. The predicted octanol–water partition coefficient (Wildman–Crippen LogP) is 3.24. The Morgan fingerprint density at radius 1 is 1.42 bits per heavy atom. The molecule has 0 unspecified atom stereocenters. The van der Waals surface area contributed by atoms with E-state index in [4.69, 9.17) is 0 Å². The van der Waals surface area contributed by atoms with Gasteiger partial charge in [-0.05, 0) is 24.7 Å². The summed E-state index contributed by atoms with van der Waals surface area (Å²) in [4.78, 5) is 0. The van der Waals surface area contributed by atoms with Gasteiger partial charge in [0, 0.05) is 0 Å². The summed E-state index contributed by atoms with van der Waals surface area (Å²) in [6, 6.07) is 0. The summed E-state index contributed by atoms with van der Waals surface area (Å²) in [5.41, 5.74) is 0. The van der Waals surface area contributed by atoms with Crippen molar-refractivity contribution in [3.63, 3.8) is 0 Å². The number of allylic oxidation sites excluding steroid dienone is 1. The second kappa shape index (κ2) is 7.35. The molecular formula is C11H24O. The molecule has 0 aliphatic rings. The maximum atomic E-state index is 9.57. The van der Waals surface area contributed by atoms with Crippen molar-refractivity contribution >= 4 is 0 Å². The van der Waals surface area contributed by atoms with Gasteiger partial charge in [0.15, 0.2) is 0 Å². The lowest BCUT2D eigenvalue weighted by Gasteiger charge is -2.24. The van der Waals surface area contributed by atoms with Crippen molar-refractivity contribution in [2.75, 3.05) is 0 Å². The summed E-state index contributed by atoms with van der Waals surface area (Å²) in [5, 5.41) is 9.57. The van der Waals surface area contributed by atoms with Gasteiger partial charge in [-0.25, -0.2) is 0 Å². The number of rotatable bonds is 5. The number of hydrogen-bond acceptors (Lipinski definition) is 1. The molecule has 0 saturated heterocycles. The van der Waals surface area contributed by atoms with Gasteiger partial charge in [-0.2, -0.15) is 0 Å². The second-order valence-electron chi connectivity index (χ2n) is 3.41. The van der Waals surface area contributed by atoms with Crippen molar-refractivity contribution in [3.05, 3.63) is 12.7 Å². The van der Waals surface area contributed by atoms with Crippen LogP contribution < -0.4 is 0 Å². The fraction of sp³-hybridized carbons (Fsp3) is 0.818. The van der Waals surface area contributed by atoms with Crippen LogP contribution in [0.1, 0.15) is 41.0 Å². The van der Waals surface area contributed by atoms with Crippen LogP contribution in [0.4, 0.5) is 0 Å². The minimum absolute atomic E-state index is 0. The average molecular weight is 172 g/mol. The third-order valence-corrected chi connectivity index (χ3v) is 2.21. The Morgan fingerprint density at radius 2 is 1.92 bits per heavy atom. The first-order valence-electron chi connectivity index (χ1n) is 4.42. The van der Waals surface area contributed by atoms with Crippen molar-refractivity contribution in [2.45, 2.75) is 47.1 Å². The highest BCUT2D eigenvalue weighted by Crippen LogP contribution is 2.21. The van der Waals surface area contributed by atoms with Crippen LogP contribution in [0.15, 0.2) is 12.7 Å². The van der Waals surface area contributed by atoms with Gasteiger partial charge in [-0.3, -0.25) is 0 Å². The molecule has 0 amide bonds. The minimum atomic E-state index is -0.159. The topological polar surface area (TPSA) is 20.2 Å². The molecule has 1 heteroatoms. The van der Waals surface area contributed by atoms with Crippen LogP contribution in [0.2, 0.25) is 0 Å². The van der Waals surface area contributed by atoms with Gasteiger partial charge in [-0.1, -0.05) is 34.3 Å². The minimum Gasteiger partial charge on any atom is -0.393 e. The maximum absolute atomic E-state index is 9.57. The van der Waals surface area contributed by atoms with Crippen molar-refractivity contribution < 1.29 is 5.11 Å². The SMILES string of the molecule is C.C=CC[C@@H](C(C)C)[C@H](O)CC. The molecule has 0 bridgehead atoms. The van der Waals surface area contributed by atoms with E-state index in [0.29, 0.717) is 11.8 Å². The molecule has 0 aromatic rings. The lowest BCUT2D eigenvalue weighted by molar-refractivity contribution is 0.0796. The molecule has 0 rings (SSSR count). The highest BCUT2D eigenvalue weighted by molar-refractivity contribution is 4.79. The van der Waals surface area contributed by atoms with E-state index in [0.717, 1.165) is 12.8 Å². The first kappa shape index (κ1) is 14.2. The van der Waals surface area contributed by atoms with E-state index in [1.54, 1.807) is 0 Å². The largest absolute Gasteiger partial charge is 0.393 e. The van der Waals surface area contributed by atoms with E-state index in [1.165, 1.54) is 0 Å². The zero-order chi connectivity index (χ0) is 8.85. The average Bonchev–Trinajstić information content (AvgIpc) is 1.98. The zero-order valence-corrected chi connectivity index (χ0v) is 7.88. The molecule has 0 aliphatic heterocycles. The van der Waals surface area contributed by atoms with Crippen LogP contribution in [-0.2, 0) is 0 Å². The highest BCUT2D eigenvalue weighted by Gasteiger charge is 2.19. The molecule has 0 spiro atoms. The quantitative estimate of drug-likeness (QED) is 0.631. The fourth-order valence-electron chi connectivity index (χ4n) is 1.37. The maximum Gasteiger partial charge on any atom is 0.0571 e. The van der Waals surface area contributed by atoms with E-state index in [2.05, 4.69) is 20.4 Å². The Hall–Kier alpha value is -0.300.